The predicted octanol–water partition coefficient (Wildman–Crippen LogP) is 0.563. The minimum absolute atomic E-state index is 0.0737. The zero-order chi connectivity index (χ0) is 10.3. The maximum atomic E-state index is 8.30. The fourth-order valence-electron chi connectivity index (χ4n) is 0.675. The quantitative estimate of drug-likeness (QED) is 0.211. The molecule has 0 aliphatic rings. The van der Waals surface area contributed by atoms with E-state index in [0.29, 0.717) is 13.2 Å². The van der Waals surface area contributed by atoms with E-state index in [9.17, 15) is 0 Å². The summed E-state index contributed by atoms with van der Waals surface area (Å²) in [6, 6.07) is 0. The van der Waals surface area contributed by atoms with Crippen molar-refractivity contribution in [1.29, 1.82) is 0 Å². The van der Waals surface area contributed by atoms with Gasteiger partial charge in [-0.3, -0.25) is 0 Å². The lowest BCUT2D eigenvalue weighted by Gasteiger charge is -2.12. The molecule has 3 N–H and O–H groups in total. The molecule has 0 aromatic carbocycles. The molecule has 0 radical (unpaired) electrons. The van der Waals surface area contributed by atoms with Crippen LogP contribution in [0.4, 0.5) is 0 Å². The van der Waals surface area contributed by atoms with Gasteiger partial charge in [-0.1, -0.05) is 5.16 Å². The second kappa shape index (κ2) is 6.68. The molecule has 0 rings (SSSR count). The van der Waals surface area contributed by atoms with Crippen molar-refractivity contribution in [2.75, 3.05) is 13.2 Å². The fraction of sp³-hybridized carbons (Fsp3) is 0.875. The van der Waals surface area contributed by atoms with Crippen molar-refractivity contribution in [3.63, 3.8) is 0 Å². The predicted molar refractivity (Wildman–Crippen MR) is 49.9 cm³/mol. The SMILES string of the molecule is CC(C)OCCOC(C)C(N)=NO. The maximum absolute atomic E-state index is 8.30. The van der Waals surface area contributed by atoms with Gasteiger partial charge < -0.3 is 20.4 Å². The summed E-state index contributed by atoms with van der Waals surface area (Å²) in [5, 5.41) is 11.1. The lowest BCUT2D eigenvalue weighted by atomic mass is 10.4. The molecule has 5 nitrogen and oxygen atoms in total. The number of nitrogens with zero attached hydrogens (tertiary/aromatic N) is 1. The van der Waals surface area contributed by atoms with E-state index in [1.165, 1.54) is 0 Å². The molecular formula is C8H18N2O3. The molecular weight excluding hydrogens is 172 g/mol. The Morgan fingerprint density at radius 3 is 2.31 bits per heavy atom. The molecule has 0 aromatic rings. The fourth-order valence-corrected chi connectivity index (χ4v) is 0.675. The first kappa shape index (κ1) is 12.2. The van der Waals surface area contributed by atoms with Crippen LogP contribution in [0.3, 0.4) is 0 Å². The van der Waals surface area contributed by atoms with Crippen molar-refractivity contribution in [3.05, 3.63) is 0 Å². The van der Waals surface area contributed by atoms with Gasteiger partial charge in [0.25, 0.3) is 0 Å². The van der Waals surface area contributed by atoms with Crippen molar-refractivity contribution >= 4 is 5.84 Å². The van der Waals surface area contributed by atoms with Crippen LogP contribution in [0.1, 0.15) is 20.8 Å². The highest BCUT2D eigenvalue weighted by Crippen LogP contribution is 1.92. The van der Waals surface area contributed by atoms with E-state index in [4.69, 9.17) is 20.4 Å². The highest BCUT2D eigenvalue weighted by atomic mass is 16.5. The van der Waals surface area contributed by atoms with Crippen molar-refractivity contribution in [2.24, 2.45) is 10.9 Å². The van der Waals surface area contributed by atoms with Gasteiger partial charge in [-0.15, -0.1) is 0 Å². The van der Waals surface area contributed by atoms with Crippen molar-refractivity contribution in [3.8, 4) is 0 Å². The van der Waals surface area contributed by atoms with Crippen molar-refractivity contribution < 1.29 is 14.7 Å². The third-order valence-corrected chi connectivity index (χ3v) is 1.43. The first-order valence-electron chi connectivity index (χ1n) is 4.28. The van der Waals surface area contributed by atoms with Gasteiger partial charge in [0.15, 0.2) is 5.84 Å². The number of nitrogens with two attached hydrogens (primary N) is 1. The number of ether oxygens (including phenoxy) is 2. The Kier molecular flexibility index (Phi) is 6.26. The highest BCUT2D eigenvalue weighted by molar-refractivity contribution is 5.83. The van der Waals surface area contributed by atoms with E-state index in [0.717, 1.165) is 0 Å². The molecule has 78 valence electrons. The molecule has 0 spiro atoms. The lowest BCUT2D eigenvalue weighted by Crippen LogP contribution is -2.30. The smallest absolute Gasteiger partial charge is 0.168 e. The molecule has 5 heteroatoms. The van der Waals surface area contributed by atoms with Crippen LogP contribution in [0, 0.1) is 0 Å². The molecule has 0 amide bonds. The Labute approximate surface area is 78.5 Å². The van der Waals surface area contributed by atoms with Gasteiger partial charge in [0.2, 0.25) is 0 Å². The van der Waals surface area contributed by atoms with E-state index in [2.05, 4.69) is 5.16 Å². The van der Waals surface area contributed by atoms with Gasteiger partial charge in [0, 0.05) is 0 Å². The molecule has 0 saturated carbocycles. The highest BCUT2D eigenvalue weighted by Gasteiger charge is 2.06. The summed E-state index contributed by atoms with van der Waals surface area (Å²) in [6.07, 6.45) is -0.177. The van der Waals surface area contributed by atoms with Gasteiger partial charge >= 0.3 is 0 Å². The second-order valence-electron chi connectivity index (χ2n) is 2.96. The van der Waals surface area contributed by atoms with Crippen LogP contribution in [0.15, 0.2) is 5.16 Å². The Morgan fingerprint density at radius 2 is 1.85 bits per heavy atom. The Balaban J connectivity index is 3.43. The minimum Gasteiger partial charge on any atom is -0.409 e. The summed E-state index contributed by atoms with van der Waals surface area (Å²) in [4.78, 5) is 0. The van der Waals surface area contributed by atoms with E-state index in [-0.39, 0.29) is 18.0 Å². The zero-order valence-corrected chi connectivity index (χ0v) is 8.36. The Bertz CT molecular complexity index is 159. The molecule has 1 atom stereocenters. The van der Waals surface area contributed by atoms with Gasteiger partial charge in [-0.05, 0) is 20.8 Å². The Morgan fingerprint density at radius 1 is 1.31 bits per heavy atom. The lowest BCUT2D eigenvalue weighted by molar-refractivity contribution is 0.01000. The van der Waals surface area contributed by atoms with E-state index >= 15 is 0 Å². The van der Waals surface area contributed by atoms with Crippen LogP contribution in [-0.2, 0) is 9.47 Å². The summed E-state index contributed by atoms with van der Waals surface area (Å²) in [6.45, 7) is 6.57. The number of amidine groups is 1. The largest absolute Gasteiger partial charge is 0.409 e. The van der Waals surface area contributed by atoms with Gasteiger partial charge in [-0.2, -0.15) is 0 Å². The molecule has 0 aliphatic carbocycles. The van der Waals surface area contributed by atoms with Crippen LogP contribution in [-0.4, -0.2) is 36.5 Å². The second-order valence-corrected chi connectivity index (χ2v) is 2.96. The third kappa shape index (κ3) is 6.36. The van der Waals surface area contributed by atoms with Crippen molar-refractivity contribution in [1.82, 2.24) is 0 Å². The number of rotatable bonds is 6. The summed E-state index contributed by atoms with van der Waals surface area (Å²) in [7, 11) is 0. The average molecular weight is 190 g/mol. The first-order chi connectivity index (χ1) is 6.07. The third-order valence-electron chi connectivity index (χ3n) is 1.43. The average Bonchev–Trinajstić information content (AvgIpc) is 2.10. The first-order valence-corrected chi connectivity index (χ1v) is 4.28. The molecule has 13 heavy (non-hydrogen) atoms. The van der Waals surface area contributed by atoms with Crippen LogP contribution < -0.4 is 5.73 Å². The van der Waals surface area contributed by atoms with Gasteiger partial charge in [0.1, 0.15) is 6.10 Å². The number of hydrogen-bond donors (Lipinski definition) is 2. The molecule has 0 fully saturated rings. The van der Waals surface area contributed by atoms with E-state index < -0.39 is 0 Å². The summed E-state index contributed by atoms with van der Waals surface area (Å²) >= 11 is 0. The van der Waals surface area contributed by atoms with Crippen LogP contribution in [0.2, 0.25) is 0 Å². The molecule has 0 aliphatic heterocycles. The number of hydrogen-bond acceptors (Lipinski definition) is 4. The summed E-state index contributed by atoms with van der Waals surface area (Å²) in [5.41, 5.74) is 5.29. The minimum atomic E-state index is -0.374. The zero-order valence-electron chi connectivity index (χ0n) is 8.36. The molecule has 0 heterocycles. The standard InChI is InChI=1S/C8H18N2O3/c1-6(2)12-4-5-13-7(3)8(9)10-11/h6-7,11H,4-5H2,1-3H3,(H2,9,10). The summed E-state index contributed by atoms with van der Waals surface area (Å²) < 4.78 is 10.4. The molecule has 1 unspecified atom stereocenters. The van der Waals surface area contributed by atoms with Gasteiger partial charge in [-0.25, -0.2) is 0 Å². The van der Waals surface area contributed by atoms with E-state index in [1.54, 1.807) is 6.92 Å². The van der Waals surface area contributed by atoms with Crippen LogP contribution in [0.25, 0.3) is 0 Å². The van der Waals surface area contributed by atoms with Gasteiger partial charge in [0.05, 0.1) is 19.3 Å². The van der Waals surface area contributed by atoms with Crippen LogP contribution >= 0.6 is 0 Å². The molecule has 0 saturated heterocycles. The topological polar surface area (TPSA) is 77.1 Å². The monoisotopic (exact) mass is 190 g/mol. The van der Waals surface area contributed by atoms with Crippen molar-refractivity contribution in [2.45, 2.75) is 33.0 Å². The summed E-state index contributed by atoms with van der Waals surface area (Å²) in [5.74, 6) is 0.0737. The maximum Gasteiger partial charge on any atom is 0.168 e. The normalized spacial score (nSPS) is 14.9. The Hall–Kier alpha value is -0.810. The molecule has 0 bridgehead atoms. The van der Waals surface area contributed by atoms with Crippen LogP contribution in [0.5, 0.6) is 0 Å². The van der Waals surface area contributed by atoms with E-state index in [1.807, 2.05) is 13.8 Å². The molecule has 0 aromatic heterocycles. The number of oxime groups is 1.